The topological polar surface area (TPSA) is 49.4 Å². The molecular weight excluding hydrogens is 451 g/mol. The predicted molar refractivity (Wildman–Crippen MR) is 103 cm³/mol. The van der Waals surface area contributed by atoms with Crippen LogP contribution in [0.5, 0.6) is 0 Å². The van der Waals surface area contributed by atoms with Crippen LogP contribution in [0.3, 0.4) is 0 Å². The highest BCUT2D eigenvalue weighted by atomic mass is 35.5. The summed E-state index contributed by atoms with van der Waals surface area (Å²) in [6.07, 6.45) is 1.86. The van der Waals surface area contributed by atoms with E-state index in [-0.39, 0.29) is 19.0 Å². The van der Waals surface area contributed by atoms with Gasteiger partial charge in [-0.3, -0.25) is 4.90 Å². The number of rotatable bonds is 7. The number of sulfonamides is 1. The second-order valence-corrected chi connectivity index (χ2v) is 8.50. The van der Waals surface area contributed by atoms with Crippen LogP contribution in [0.4, 0.5) is 22.0 Å². The fraction of sp³-hybridized carbons (Fsp3) is 0.368. The van der Waals surface area contributed by atoms with Crippen LogP contribution in [-0.2, 0) is 23.0 Å². The summed E-state index contributed by atoms with van der Waals surface area (Å²) in [5.41, 5.74) is 2.55. The number of unbranched alkanes of at least 4 members (excludes halogenated alkanes) is 1. The van der Waals surface area contributed by atoms with Crippen molar-refractivity contribution in [3.8, 4) is 0 Å². The molecule has 1 aliphatic rings. The zero-order valence-corrected chi connectivity index (χ0v) is 17.4. The van der Waals surface area contributed by atoms with Crippen molar-refractivity contribution in [2.75, 3.05) is 19.6 Å². The molecule has 0 saturated heterocycles. The lowest BCUT2D eigenvalue weighted by Crippen LogP contribution is -2.32. The van der Waals surface area contributed by atoms with E-state index in [4.69, 9.17) is 0 Å². The van der Waals surface area contributed by atoms with Crippen molar-refractivity contribution in [3.63, 3.8) is 0 Å². The Morgan fingerprint density at radius 1 is 0.867 bits per heavy atom. The lowest BCUT2D eigenvalue weighted by atomic mass is 10.00. The molecule has 0 bridgehead atoms. The third-order valence-electron chi connectivity index (χ3n) is 4.84. The number of hydrogen-bond acceptors (Lipinski definition) is 3. The molecule has 0 aromatic heterocycles. The molecular formula is C19H20ClF5N2O2S. The molecule has 1 aliphatic heterocycles. The van der Waals surface area contributed by atoms with Crippen molar-refractivity contribution < 1.29 is 30.4 Å². The zero-order valence-electron chi connectivity index (χ0n) is 15.7. The highest BCUT2D eigenvalue weighted by Crippen LogP contribution is 2.26. The van der Waals surface area contributed by atoms with Gasteiger partial charge in [0.25, 0.3) is 0 Å². The number of halogens is 6. The fourth-order valence-corrected chi connectivity index (χ4v) is 4.51. The lowest BCUT2D eigenvalue weighted by molar-refractivity contribution is 0.249. The minimum atomic E-state index is -4.89. The summed E-state index contributed by atoms with van der Waals surface area (Å²) < 4.78 is 92.9. The Morgan fingerprint density at radius 2 is 1.43 bits per heavy atom. The molecule has 0 fully saturated rings. The summed E-state index contributed by atoms with van der Waals surface area (Å²) in [4.78, 5) is 0.350. The van der Waals surface area contributed by atoms with Gasteiger partial charge in [-0.05, 0) is 36.9 Å². The highest BCUT2D eigenvalue weighted by molar-refractivity contribution is 7.89. The summed E-state index contributed by atoms with van der Waals surface area (Å²) >= 11 is 0. The molecule has 166 valence electrons. The molecule has 11 heteroatoms. The average molecular weight is 471 g/mol. The van der Waals surface area contributed by atoms with Crippen LogP contribution in [-0.4, -0.2) is 33.0 Å². The van der Waals surface area contributed by atoms with Gasteiger partial charge in [0.15, 0.2) is 28.2 Å². The SMILES string of the molecule is Cl.O=S(=O)(NCCCCN1CCc2ccccc2C1)c1c(F)c(F)c(F)c(F)c1F. The van der Waals surface area contributed by atoms with Crippen LogP contribution >= 0.6 is 12.4 Å². The van der Waals surface area contributed by atoms with Crippen molar-refractivity contribution in [1.82, 2.24) is 9.62 Å². The van der Waals surface area contributed by atoms with Crippen molar-refractivity contribution in [1.29, 1.82) is 0 Å². The van der Waals surface area contributed by atoms with Gasteiger partial charge in [0, 0.05) is 19.6 Å². The number of nitrogens with zero attached hydrogens (tertiary/aromatic N) is 1. The van der Waals surface area contributed by atoms with Crippen LogP contribution in [0.2, 0.25) is 0 Å². The molecule has 0 saturated carbocycles. The van der Waals surface area contributed by atoms with E-state index in [9.17, 15) is 30.4 Å². The molecule has 0 aliphatic carbocycles. The first-order chi connectivity index (χ1) is 13.7. The standard InChI is InChI=1S/C19H19F5N2O2S.ClH/c20-14-15(21)17(23)19(18(24)16(14)22)29(27,28)25-8-3-4-9-26-10-7-12-5-1-2-6-13(12)11-26;/h1-2,5-6,25H,3-4,7-11H2;1H. The van der Waals surface area contributed by atoms with Gasteiger partial charge in [0.1, 0.15) is 0 Å². The summed E-state index contributed by atoms with van der Waals surface area (Å²) in [6, 6.07) is 8.10. The minimum Gasteiger partial charge on any atom is -0.299 e. The highest BCUT2D eigenvalue weighted by Gasteiger charge is 2.33. The van der Waals surface area contributed by atoms with Gasteiger partial charge < -0.3 is 0 Å². The van der Waals surface area contributed by atoms with Crippen molar-refractivity contribution in [2.24, 2.45) is 0 Å². The van der Waals surface area contributed by atoms with Gasteiger partial charge in [-0.1, -0.05) is 24.3 Å². The molecule has 0 unspecified atom stereocenters. The summed E-state index contributed by atoms with van der Waals surface area (Å²) in [6.45, 7) is 2.16. The van der Waals surface area contributed by atoms with Crippen molar-refractivity contribution >= 4 is 22.4 Å². The molecule has 0 spiro atoms. The molecule has 30 heavy (non-hydrogen) atoms. The first kappa shape index (κ1) is 24.5. The molecule has 3 rings (SSSR count). The van der Waals surface area contributed by atoms with Gasteiger partial charge in [0.2, 0.25) is 15.8 Å². The Balaban J connectivity index is 0.00000320. The predicted octanol–water partition coefficient (Wildman–Crippen LogP) is 3.92. The average Bonchev–Trinajstić information content (AvgIpc) is 2.70. The molecule has 0 atom stereocenters. The second kappa shape index (κ2) is 10.0. The van der Waals surface area contributed by atoms with E-state index in [2.05, 4.69) is 17.0 Å². The lowest BCUT2D eigenvalue weighted by Gasteiger charge is -2.28. The van der Waals surface area contributed by atoms with Crippen LogP contribution in [0.1, 0.15) is 24.0 Å². The number of benzene rings is 2. The molecule has 1 heterocycles. The fourth-order valence-electron chi connectivity index (χ4n) is 3.30. The number of fused-ring (bicyclic) bond motifs is 1. The van der Waals surface area contributed by atoms with Gasteiger partial charge >= 0.3 is 0 Å². The van der Waals surface area contributed by atoms with Crippen molar-refractivity contribution in [2.45, 2.75) is 30.7 Å². The number of hydrogen-bond donors (Lipinski definition) is 1. The van der Waals surface area contributed by atoms with E-state index in [1.165, 1.54) is 11.1 Å². The summed E-state index contributed by atoms with van der Waals surface area (Å²) in [5, 5.41) is 0. The van der Waals surface area contributed by atoms with Gasteiger partial charge in [-0.2, -0.15) is 0 Å². The third-order valence-corrected chi connectivity index (χ3v) is 6.32. The van der Waals surface area contributed by atoms with Crippen LogP contribution in [0.25, 0.3) is 0 Å². The maximum absolute atomic E-state index is 13.7. The Kier molecular flexibility index (Phi) is 8.20. The first-order valence-electron chi connectivity index (χ1n) is 9.02. The normalized spacial score (nSPS) is 14.3. The molecule has 2 aromatic carbocycles. The quantitative estimate of drug-likeness (QED) is 0.289. The molecule has 1 N–H and O–H groups in total. The van der Waals surface area contributed by atoms with E-state index in [1.54, 1.807) is 0 Å². The summed E-state index contributed by atoms with van der Waals surface area (Å²) in [7, 11) is -4.89. The Labute approximate surface area is 177 Å². The first-order valence-corrected chi connectivity index (χ1v) is 10.5. The van der Waals surface area contributed by atoms with Gasteiger partial charge in [0.05, 0.1) is 0 Å². The molecule has 4 nitrogen and oxygen atoms in total. The third kappa shape index (κ3) is 5.11. The van der Waals surface area contributed by atoms with Gasteiger partial charge in [-0.25, -0.2) is 35.1 Å². The van der Waals surface area contributed by atoms with Crippen LogP contribution in [0, 0.1) is 29.1 Å². The van der Waals surface area contributed by atoms with E-state index in [0.29, 0.717) is 19.4 Å². The largest absolute Gasteiger partial charge is 0.299 e. The maximum Gasteiger partial charge on any atom is 0.246 e. The Morgan fingerprint density at radius 3 is 2.07 bits per heavy atom. The molecule has 0 radical (unpaired) electrons. The van der Waals surface area contributed by atoms with Crippen LogP contribution < -0.4 is 4.72 Å². The second-order valence-electron chi connectivity index (χ2n) is 6.80. The van der Waals surface area contributed by atoms with E-state index in [0.717, 1.165) is 19.5 Å². The monoisotopic (exact) mass is 470 g/mol. The maximum atomic E-state index is 13.7. The van der Waals surface area contributed by atoms with E-state index in [1.807, 2.05) is 16.9 Å². The van der Waals surface area contributed by atoms with E-state index >= 15 is 0 Å². The van der Waals surface area contributed by atoms with Gasteiger partial charge in [-0.15, -0.1) is 12.4 Å². The summed E-state index contributed by atoms with van der Waals surface area (Å²) in [5.74, 6) is -11.7. The van der Waals surface area contributed by atoms with Crippen molar-refractivity contribution in [3.05, 3.63) is 64.5 Å². The van der Waals surface area contributed by atoms with Crippen LogP contribution in [0.15, 0.2) is 29.2 Å². The van der Waals surface area contributed by atoms with E-state index < -0.39 is 44.0 Å². The molecule has 2 aromatic rings. The Bertz CT molecular complexity index is 991. The minimum absolute atomic E-state index is 0. The Hall–Kier alpha value is -1.75. The molecule has 0 amide bonds. The number of nitrogens with one attached hydrogen (secondary N) is 1. The zero-order chi connectivity index (χ0) is 21.2. The smallest absolute Gasteiger partial charge is 0.246 e.